The Morgan fingerprint density at radius 2 is 1.62 bits per heavy atom. The molecule has 0 aromatic heterocycles. The molecule has 5 nitrogen and oxygen atoms in total. The minimum Gasteiger partial charge on any atom is -0.335 e. The van der Waals surface area contributed by atoms with Crippen LogP contribution in [0.3, 0.4) is 0 Å². The summed E-state index contributed by atoms with van der Waals surface area (Å²) in [6, 6.07) is 4.77. The molecule has 2 aliphatic rings. The first-order valence-electron chi connectivity index (χ1n) is 8.29. The number of carbonyl (C=O) groups is 2. The van der Waals surface area contributed by atoms with Crippen molar-refractivity contribution in [3.63, 3.8) is 0 Å². The van der Waals surface area contributed by atoms with Crippen molar-refractivity contribution >= 4 is 11.9 Å². The van der Waals surface area contributed by atoms with Gasteiger partial charge >= 0.3 is 6.03 Å². The molecular weight excluding hydrogens is 316 g/mol. The Kier molecular flexibility index (Phi) is 4.97. The number of amides is 3. The van der Waals surface area contributed by atoms with E-state index in [0.29, 0.717) is 44.6 Å². The van der Waals surface area contributed by atoms with Crippen molar-refractivity contribution in [1.82, 2.24) is 15.1 Å². The molecule has 1 aliphatic carbocycles. The van der Waals surface area contributed by atoms with Gasteiger partial charge in [-0.1, -0.05) is 0 Å². The fourth-order valence-corrected chi connectivity index (χ4v) is 3.21. The van der Waals surface area contributed by atoms with Gasteiger partial charge in [-0.3, -0.25) is 4.79 Å². The van der Waals surface area contributed by atoms with E-state index in [0.717, 1.165) is 6.42 Å². The van der Waals surface area contributed by atoms with E-state index in [2.05, 4.69) is 5.32 Å². The summed E-state index contributed by atoms with van der Waals surface area (Å²) in [7, 11) is 0. The van der Waals surface area contributed by atoms with Gasteiger partial charge in [-0.2, -0.15) is 0 Å². The minimum absolute atomic E-state index is 0.172. The molecule has 7 heteroatoms. The van der Waals surface area contributed by atoms with Gasteiger partial charge < -0.3 is 15.1 Å². The molecule has 1 saturated carbocycles. The molecule has 0 spiro atoms. The Labute approximate surface area is 139 Å². The smallest absolute Gasteiger partial charge is 0.317 e. The van der Waals surface area contributed by atoms with E-state index in [1.807, 2.05) is 0 Å². The minimum atomic E-state index is -0.963. The summed E-state index contributed by atoms with van der Waals surface area (Å²) in [6.45, 7) is 1.63. The van der Waals surface area contributed by atoms with Crippen LogP contribution in [-0.4, -0.2) is 60.1 Å². The summed E-state index contributed by atoms with van der Waals surface area (Å²) >= 11 is 0. The second-order valence-electron chi connectivity index (χ2n) is 6.29. The Morgan fingerprint density at radius 1 is 1.00 bits per heavy atom. The third-order valence-electron chi connectivity index (χ3n) is 4.69. The average Bonchev–Trinajstić information content (AvgIpc) is 3.00. The summed E-state index contributed by atoms with van der Waals surface area (Å²) in [4.78, 5) is 27.8. The highest BCUT2D eigenvalue weighted by Crippen LogP contribution is 2.22. The summed E-state index contributed by atoms with van der Waals surface area (Å²) in [5.41, 5.74) is 0.431. The molecule has 0 radical (unpaired) electrons. The third kappa shape index (κ3) is 3.66. The van der Waals surface area contributed by atoms with E-state index in [1.54, 1.807) is 9.80 Å². The number of hydrogen-bond donors (Lipinski definition) is 1. The third-order valence-corrected chi connectivity index (χ3v) is 4.69. The zero-order chi connectivity index (χ0) is 17.1. The largest absolute Gasteiger partial charge is 0.335 e. The van der Waals surface area contributed by atoms with Gasteiger partial charge in [0.2, 0.25) is 0 Å². The van der Waals surface area contributed by atoms with E-state index in [4.69, 9.17) is 0 Å². The van der Waals surface area contributed by atoms with Crippen LogP contribution < -0.4 is 5.32 Å². The zero-order valence-corrected chi connectivity index (χ0v) is 13.4. The van der Waals surface area contributed by atoms with E-state index < -0.39 is 12.2 Å². The number of nitrogens with one attached hydrogen (secondary N) is 1. The molecular formula is C17H21F2N3O2. The summed E-state index contributed by atoms with van der Waals surface area (Å²) in [5, 5.41) is 2.75. The van der Waals surface area contributed by atoms with Crippen molar-refractivity contribution in [1.29, 1.82) is 0 Å². The molecule has 2 fully saturated rings. The number of hydrogen-bond acceptors (Lipinski definition) is 2. The lowest BCUT2D eigenvalue weighted by atomic mass is 10.2. The van der Waals surface area contributed by atoms with Crippen LogP contribution in [0.25, 0.3) is 0 Å². The van der Waals surface area contributed by atoms with Crippen LogP contribution in [0.1, 0.15) is 29.6 Å². The Hall–Kier alpha value is -2.18. The number of piperazine rings is 1. The van der Waals surface area contributed by atoms with Crippen LogP contribution in [0.2, 0.25) is 0 Å². The van der Waals surface area contributed by atoms with Crippen LogP contribution in [0.5, 0.6) is 0 Å². The van der Waals surface area contributed by atoms with Crippen molar-refractivity contribution in [3.05, 3.63) is 35.6 Å². The summed E-state index contributed by atoms with van der Waals surface area (Å²) in [5.74, 6) is -0.555. The van der Waals surface area contributed by atoms with Gasteiger partial charge in [0.25, 0.3) is 5.91 Å². The van der Waals surface area contributed by atoms with E-state index in [-0.39, 0.29) is 17.8 Å². The molecule has 1 aromatic rings. The van der Waals surface area contributed by atoms with Gasteiger partial charge in [0.1, 0.15) is 12.0 Å². The lowest BCUT2D eigenvalue weighted by Gasteiger charge is -2.35. The molecule has 1 aliphatic heterocycles. The number of urea groups is 1. The lowest BCUT2D eigenvalue weighted by Crippen LogP contribution is -2.55. The molecule has 1 N–H and O–H groups in total. The van der Waals surface area contributed by atoms with Gasteiger partial charge in [-0.25, -0.2) is 13.6 Å². The number of halogens is 2. The molecule has 24 heavy (non-hydrogen) atoms. The molecule has 3 amide bonds. The van der Waals surface area contributed by atoms with Crippen LogP contribution in [0, 0.1) is 5.82 Å². The van der Waals surface area contributed by atoms with E-state index in [9.17, 15) is 18.4 Å². The first-order valence-corrected chi connectivity index (χ1v) is 8.29. The molecule has 1 heterocycles. The Morgan fingerprint density at radius 3 is 2.21 bits per heavy atom. The monoisotopic (exact) mass is 337 g/mol. The van der Waals surface area contributed by atoms with Crippen LogP contribution in [0.15, 0.2) is 24.3 Å². The maximum atomic E-state index is 13.6. The molecule has 0 bridgehead atoms. The van der Waals surface area contributed by atoms with Crippen LogP contribution in [0.4, 0.5) is 13.6 Å². The molecule has 0 unspecified atom stereocenters. The number of alkyl halides is 1. The van der Waals surface area contributed by atoms with E-state index in [1.165, 1.54) is 24.3 Å². The Bertz CT molecular complexity index is 600. The first-order chi connectivity index (χ1) is 11.5. The maximum absolute atomic E-state index is 13.6. The van der Waals surface area contributed by atoms with Crippen LogP contribution in [-0.2, 0) is 0 Å². The van der Waals surface area contributed by atoms with Gasteiger partial charge in [-0.05, 0) is 43.5 Å². The maximum Gasteiger partial charge on any atom is 0.317 e. The zero-order valence-electron chi connectivity index (χ0n) is 13.4. The Balaban J connectivity index is 1.50. The molecule has 1 aromatic carbocycles. The van der Waals surface area contributed by atoms with Gasteiger partial charge in [0.15, 0.2) is 0 Å². The highest BCUT2D eigenvalue weighted by molar-refractivity contribution is 5.94. The topological polar surface area (TPSA) is 52.7 Å². The fourth-order valence-electron chi connectivity index (χ4n) is 3.21. The lowest BCUT2D eigenvalue weighted by molar-refractivity contribution is 0.0662. The first kappa shape index (κ1) is 16.7. The number of nitrogens with zero attached hydrogens (tertiary/aromatic N) is 2. The van der Waals surface area contributed by atoms with Crippen molar-refractivity contribution in [2.24, 2.45) is 0 Å². The summed E-state index contributed by atoms with van der Waals surface area (Å²) < 4.78 is 26.5. The van der Waals surface area contributed by atoms with Crippen molar-refractivity contribution in [3.8, 4) is 0 Å². The van der Waals surface area contributed by atoms with Crippen molar-refractivity contribution in [2.75, 3.05) is 26.2 Å². The highest BCUT2D eigenvalue weighted by atomic mass is 19.1. The predicted molar refractivity (Wildman–Crippen MR) is 84.9 cm³/mol. The summed E-state index contributed by atoms with van der Waals surface area (Å²) in [6.07, 6.45) is 1.02. The molecule has 2 atom stereocenters. The molecule has 130 valence electrons. The van der Waals surface area contributed by atoms with Crippen molar-refractivity contribution < 1.29 is 18.4 Å². The van der Waals surface area contributed by atoms with Gasteiger partial charge in [-0.15, -0.1) is 0 Å². The quantitative estimate of drug-likeness (QED) is 0.899. The highest BCUT2D eigenvalue weighted by Gasteiger charge is 2.31. The standard InChI is InChI=1S/C17H21F2N3O2/c18-13-6-4-12(5-7-13)16(23)21-8-10-22(11-9-21)17(24)20-15-3-1-2-14(15)19/h4-7,14-15H,1-3,8-11H2,(H,20,24)/t14-,15+/m1/s1. The second-order valence-corrected chi connectivity index (χ2v) is 6.29. The fraction of sp³-hybridized carbons (Fsp3) is 0.529. The predicted octanol–water partition coefficient (Wildman–Crippen LogP) is 2.18. The number of benzene rings is 1. The van der Waals surface area contributed by atoms with Crippen LogP contribution >= 0.6 is 0 Å². The molecule has 3 rings (SSSR count). The van der Waals surface area contributed by atoms with Crippen molar-refractivity contribution in [2.45, 2.75) is 31.5 Å². The van der Waals surface area contributed by atoms with E-state index >= 15 is 0 Å². The number of rotatable bonds is 2. The number of carbonyl (C=O) groups excluding carboxylic acids is 2. The SMILES string of the molecule is O=C(N[C@H]1CCC[C@H]1F)N1CCN(C(=O)c2ccc(F)cc2)CC1. The normalized spacial score (nSPS) is 24.1. The molecule has 1 saturated heterocycles. The second kappa shape index (κ2) is 7.15. The van der Waals surface area contributed by atoms with Gasteiger partial charge in [0, 0.05) is 31.7 Å². The van der Waals surface area contributed by atoms with Gasteiger partial charge in [0.05, 0.1) is 6.04 Å². The average molecular weight is 337 g/mol.